The molecule has 8 heteroatoms. The highest BCUT2D eigenvalue weighted by Crippen LogP contribution is 2.37. The monoisotopic (exact) mass is 423 g/mol. The number of imidazole rings is 1. The Labute approximate surface area is 177 Å². The Morgan fingerprint density at radius 2 is 1.77 bits per heavy atom. The molecule has 0 unspecified atom stereocenters. The van der Waals surface area contributed by atoms with Crippen LogP contribution in [-0.2, 0) is 0 Å². The van der Waals surface area contributed by atoms with Crippen LogP contribution in [0.25, 0.3) is 16.9 Å². The van der Waals surface area contributed by atoms with Crippen molar-refractivity contribution in [3.05, 3.63) is 65.3 Å². The van der Waals surface area contributed by atoms with Gasteiger partial charge in [0.2, 0.25) is 0 Å². The largest absolute Gasteiger partial charge is 0.504 e. The zero-order valence-corrected chi connectivity index (χ0v) is 17.0. The summed E-state index contributed by atoms with van der Waals surface area (Å²) >= 11 is 6.26. The summed E-state index contributed by atoms with van der Waals surface area (Å²) in [6.45, 7) is 0. The number of rotatable bonds is 5. The second-order valence-electron chi connectivity index (χ2n) is 6.40. The predicted octanol–water partition coefficient (Wildman–Crippen LogP) is 4.83. The summed E-state index contributed by atoms with van der Waals surface area (Å²) < 4.78 is 12.2. The molecule has 2 heterocycles. The van der Waals surface area contributed by atoms with Gasteiger partial charge in [0.1, 0.15) is 11.3 Å². The van der Waals surface area contributed by atoms with Crippen LogP contribution in [0, 0.1) is 0 Å². The van der Waals surface area contributed by atoms with Crippen molar-refractivity contribution >= 4 is 29.3 Å². The van der Waals surface area contributed by atoms with Crippen molar-refractivity contribution in [1.29, 1.82) is 0 Å². The second kappa shape index (κ2) is 7.96. The molecule has 2 N–H and O–H groups in total. The first-order valence-electron chi connectivity index (χ1n) is 8.97. The number of aromatic nitrogens is 2. The number of halogens is 1. The van der Waals surface area contributed by atoms with E-state index >= 15 is 0 Å². The average Bonchev–Trinajstić information content (AvgIpc) is 3.12. The number of hydrogen-bond acceptors (Lipinski definition) is 6. The molecule has 0 saturated carbocycles. The fraction of sp³-hybridized carbons (Fsp3) is 0.0909. The van der Waals surface area contributed by atoms with Crippen LogP contribution >= 0.6 is 11.6 Å². The lowest BCUT2D eigenvalue weighted by Gasteiger charge is -2.07. The Hall–Kier alpha value is -3.71. The maximum absolute atomic E-state index is 9.92. The highest BCUT2D eigenvalue weighted by Gasteiger charge is 2.15. The van der Waals surface area contributed by atoms with Crippen LogP contribution in [0.4, 0.5) is 5.82 Å². The van der Waals surface area contributed by atoms with Crippen molar-refractivity contribution in [3.63, 3.8) is 0 Å². The van der Waals surface area contributed by atoms with Crippen LogP contribution in [0.2, 0.25) is 5.02 Å². The number of ether oxygens (including phenoxy) is 2. The van der Waals surface area contributed by atoms with Crippen molar-refractivity contribution in [2.75, 3.05) is 14.2 Å². The molecular formula is C22H18ClN3O4. The van der Waals surface area contributed by atoms with Crippen LogP contribution < -0.4 is 9.47 Å². The molecule has 30 heavy (non-hydrogen) atoms. The van der Waals surface area contributed by atoms with E-state index in [0.29, 0.717) is 39.2 Å². The van der Waals surface area contributed by atoms with Gasteiger partial charge in [-0.15, -0.1) is 0 Å². The van der Waals surface area contributed by atoms with Crippen LogP contribution in [-0.4, -0.2) is 40.0 Å². The lowest BCUT2D eigenvalue weighted by molar-refractivity contribution is 0.373. The summed E-state index contributed by atoms with van der Waals surface area (Å²) in [6.07, 6.45) is 3.44. The highest BCUT2D eigenvalue weighted by atomic mass is 35.5. The van der Waals surface area contributed by atoms with Crippen molar-refractivity contribution in [3.8, 4) is 34.3 Å². The number of phenolic OH excluding ortho intramolecular Hbond substituents is 2. The molecular weight excluding hydrogens is 406 g/mol. The summed E-state index contributed by atoms with van der Waals surface area (Å²) in [5, 5.41) is 20.1. The first-order chi connectivity index (χ1) is 14.5. The van der Waals surface area contributed by atoms with Gasteiger partial charge in [-0.2, -0.15) is 0 Å². The molecule has 0 aliphatic carbocycles. The number of benzene rings is 2. The van der Waals surface area contributed by atoms with Gasteiger partial charge in [0.25, 0.3) is 0 Å². The molecule has 0 aliphatic heterocycles. The first kappa shape index (κ1) is 19.6. The summed E-state index contributed by atoms with van der Waals surface area (Å²) in [4.78, 5) is 9.32. The Balaban J connectivity index is 1.87. The van der Waals surface area contributed by atoms with E-state index in [9.17, 15) is 10.2 Å². The number of aromatic hydroxyl groups is 2. The normalized spacial score (nSPS) is 11.3. The number of methoxy groups -OCH3 is 2. The van der Waals surface area contributed by atoms with E-state index in [1.54, 1.807) is 30.5 Å². The second-order valence-corrected chi connectivity index (χ2v) is 6.81. The summed E-state index contributed by atoms with van der Waals surface area (Å²) in [7, 11) is 2.95. The number of fused-ring (bicyclic) bond motifs is 1. The van der Waals surface area contributed by atoms with Crippen molar-refractivity contribution in [2.24, 2.45) is 4.99 Å². The third-order valence-electron chi connectivity index (χ3n) is 4.58. The predicted molar refractivity (Wildman–Crippen MR) is 116 cm³/mol. The quantitative estimate of drug-likeness (QED) is 0.449. The van der Waals surface area contributed by atoms with E-state index in [2.05, 4.69) is 9.98 Å². The fourth-order valence-corrected chi connectivity index (χ4v) is 3.28. The molecule has 152 valence electrons. The molecule has 4 aromatic rings. The van der Waals surface area contributed by atoms with E-state index in [-0.39, 0.29) is 11.5 Å². The SMILES string of the molecule is COc1cc(-c2nc3ccccn3c2/N=C/c2cc(OC)c(O)cc2Cl)ccc1O. The summed E-state index contributed by atoms with van der Waals surface area (Å²) in [5.41, 5.74) is 2.63. The van der Waals surface area contributed by atoms with E-state index < -0.39 is 0 Å². The minimum Gasteiger partial charge on any atom is -0.504 e. The Bertz CT molecular complexity index is 1270. The highest BCUT2D eigenvalue weighted by molar-refractivity contribution is 6.33. The molecule has 0 bridgehead atoms. The van der Waals surface area contributed by atoms with Crippen LogP contribution in [0.15, 0.2) is 59.7 Å². The standard InChI is InChI=1S/C22H18ClN3O4/c1-29-18-9-13(6-7-16(18)27)21-22(26-8-4-3-5-20(26)25-21)24-12-14-10-19(30-2)17(28)11-15(14)23/h3-12,27-28H,1-2H3/b24-12+. The zero-order chi connectivity index (χ0) is 21.3. The number of aliphatic imine (C=N–C) groups is 1. The molecule has 0 saturated heterocycles. The minimum atomic E-state index is -0.0497. The van der Waals surface area contributed by atoms with Crippen LogP contribution in [0.1, 0.15) is 5.56 Å². The third-order valence-corrected chi connectivity index (χ3v) is 4.91. The van der Waals surface area contributed by atoms with Gasteiger partial charge in [-0.1, -0.05) is 17.7 Å². The van der Waals surface area contributed by atoms with Crippen molar-refractivity contribution in [1.82, 2.24) is 9.38 Å². The third kappa shape index (κ3) is 3.51. The smallest absolute Gasteiger partial charge is 0.165 e. The minimum absolute atomic E-state index is 0.0398. The van der Waals surface area contributed by atoms with Gasteiger partial charge in [0.05, 0.1) is 19.2 Å². The van der Waals surface area contributed by atoms with Gasteiger partial charge in [-0.25, -0.2) is 9.98 Å². The zero-order valence-electron chi connectivity index (χ0n) is 16.2. The van der Waals surface area contributed by atoms with Crippen molar-refractivity contribution in [2.45, 2.75) is 0 Å². The number of phenols is 2. The Morgan fingerprint density at radius 1 is 1.00 bits per heavy atom. The van der Waals surface area contributed by atoms with Gasteiger partial charge >= 0.3 is 0 Å². The fourth-order valence-electron chi connectivity index (χ4n) is 3.08. The molecule has 2 aromatic carbocycles. The molecule has 2 aromatic heterocycles. The van der Waals surface area contributed by atoms with Crippen LogP contribution in [0.5, 0.6) is 23.0 Å². The van der Waals surface area contributed by atoms with Gasteiger partial charge in [-0.05, 0) is 36.4 Å². The Kier molecular flexibility index (Phi) is 5.20. The lowest BCUT2D eigenvalue weighted by atomic mass is 10.1. The van der Waals surface area contributed by atoms with E-state index in [4.69, 9.17) is 21.1 Å². The van der Waals surface area contributed by atoms with Gasteiger partial charge in [0.15, 0.2) is 28.8 Å². The molecule has 0 fully saturated rings. The average molecular weight is 424 g/mol. The number of pyridine rings is 1. The van der Waals surface area contributed by atoms with E-state index in [1.807, 2.05) is 28.8 Å². The summed E-state index contributed by atoms with van der Waals surface area (Å²) in [6, 6.07) is 13.6. The first-order valence-corrected chi connectivity index (χ1v) is 9.34. The Morgan fingerprint density at radius 3 is 2.53 bits per heavy atom. The van der Waals surface area contributed by atoms with Gasteiger partial charge in [-0.3, -0.25) is 4.40 Å². The summed E-state index contributed by atoms with van der Waals surface area (Å²) in [5.74, 6) is 1.19. The molecule has 0 spiro atoms. The van der Waals surface area contributed by atoms with E-state index in [1.165, 1.54) is 20.3 Å². The molecule has 4 rings (SSSR count). The molecule has 0 aliphatic rings. The topological polar surface area (TPSA) is 88.6 Å². The molecule has 7 nitrogen and oxygen atoms in total. The van der Waals surface area contributed by atoms with Crippen LogP contribution in [0.3, 0.4) is 0 Å². The molecule has 0 radical (unpaired) electrons. The van der Waals surface area contributed by atoms with Gasteiger partial charge in [0, 0.05) is 29.6 Å². The molecule has 0 amide bonds. The maximum atomic E-state index is 9.92. The molecule has 0 atom stereocenters. The van der Waals surface area contributed by atoms with Crippen molar-refractivity contribution < 1.29 is 19.7 Å². The van der Waals surface area contributed by atoms with E-state index in [0.717, 1.165) is 5.56 Å². The van der Waals surface area contributed by atoms with Gasteiger partial charge < -0.3 is 19.7 Å². The number of hydrogen-bond donors (Lipinski definition) is 2. The maximum Gasteiger partial charge on any atom is 0.165 e. The number of nitrogens with zero attached hydrogens (tertiary/aromatic N) is 3. The lowest BCUT2D eigenvalue weighted by Crippen LogP contribution is -1.90.